The Bertz CT molecular complexity index is 602. The second kappa shape index (κ2) is 7.59. The van der Waals surface area contributed by atoms with Crippen LogP contribution in [0.15, 0.2) is 49.8 Å². The van der Waals surface area contributed by atoms with Gasteiger partial charge in [0.25, 0.3) is 0 Å². The van der Waals surface area contributed by atoms with E-state index in [1.165, 1.54) is 5.56 Å². The third kappa shape index (κ3) is 4.32. The molecule has 0 saturated carbocycles. The molecule has 1 N–H and O–H groups in total. The molecule has 0 bridgehead atoms. The molecule has 20 heavy (non-hydrogen) atoms. The van der Waals surface area contributed by atoms with Crippen molar-refractivity contribution in [2.45, 2.75) is 13.1 Å². The maximum absolute atomic E-state index is 5.44. The van der Waals surface area contributed by atoms with Gasteiger partial charge in [-0.3, -0.25) is 0 Å². The Kier molecular flexibility index (Phi) is 6.08. The summed E-state index contributed by atoms with van der Waals surface area (Å²) in [4.78, 5) is 0. The van der Waals surface area contributed by atoms with Gasteiger partial charge in [0.05, 0.1) is 11.6 Å². The molecule has 0 saturated heterocycles. The molecule has 0 aliphatic rings. The Balaban J connectivity index is 2.04. The Morgan fingerprint density at radius 3 is 2.50 bits per heavy atom. The van der Waals surface area contributed by atoms with Crippen molar-refractivity contribution in [2.75, 3.05) is 7.11 Å². The molecule has 5 heteroatoms. The summed E-state index contributed by atoms with van der Waals surface area (Å²) < 4.78 is 8.52. The molecule has 0 unspecified atom stereocenters. The molecule has 2 nitrogen and oxygen atoms in total. The summed E-state index contributed by atoms with van der Waals surface area (Å²) in [6.45, 7) is 1.56. The fourth-order valence-corrected chi connectivity index (χ4v) is 3.88. The summed E-state index contributed by atoms with van der Waals surface area (Å²) in [6, 6.07) is 12.3. The van der Waals surface area contributed by atoms with Crippen molar-refractivity contribution in [3.63, 3.8) is 0 Å². The summed E-state index contributed by atoms with van der Waals surface area (Å²) in [5, 5.41) is 3.43. The highest BCUT2D eigenvalue weighted by atomic mass is 79.9. The molecule has 0 aromatic heterocycles. The minimum absolute atomic E-state index is 0.744. The second-order valence-corrected chi connectivity index (χ2v) is 7.00. The van der Waals surface area contributed by atoms with Gasteiger partial charge in [-0.05, 0) is 45.8 Å². The standard InChI is InChI=1S/C15H14Br3NO/c1-20-15-11(6-13(17)7-14(15)18)9-19-8-10-3-2-4-12(16)5-10/h2-7,19H,8-9H2,1H3. The van der Waals surface area contributed by atoms with Crippen LogP contribution in [0.2, 0.25) is 0 Å². The van der Waals surface area contributed by atoms with E-state index in [4.69, 9.17) is 4.74 Å². The molecular weight excluding hydrogens is 450 g/mol. The number of nitrogens with one attached hydrogen (secondary N) is 1. The highest BCUT2D eigenvalue weighted by molar-refractivity contribution is 9.11. The van der Waals surface area contributed by atoms with E-state index in [-0.39, 0.29) is 0 Å². The monoisotopic (exact) mass is 461 g/mol. The Hall–Kier alpha value is -0.360. The number of halogens is 3. The summed E-state index contributed by atoms with van der Waals surface area (Å²) in [5.41, 5.74) is 2.36. The third-order valence-corrected chi connectivity index (χ3v) is 4.36. The SMILES string of the molecule is COc1c(Br)cc(Br)cc1CNCc1cccc(Br)c1. The molecule has 0 aliphatic carbocycles. The van der Waals surface area contributed by atoms with Crippen molar-refractivity contribution in [1.82, 2.24) is 5.32 Å². The van der Waals surface area contributed by atoms with E-state index in [1.54, 1.807) is 7.11 Å². The fourth-order valence-electron chi connectivity index (χ4n) is 1.96. The number of hydrogen-bond donors (Lipinski definition) is 1. The summed E-state index contributed by atoms with van der Waals surface area (Å²) in [6.07, 6.45) is 0. The average molecular weight is 464 g/mol. The van der Waals surface area contributed by atoms with E-state index in [0.717, 1.165) is 37.8 Å². The Morgan fingerprint density at radius 1 is 1.00 bits per heavy atom. The van der Waals surface area contributed by atoms with Gasteiger partial charge in [0, 0.05) is 27.6 Å². The van der Waals surface area contributed by atoms with Gasteiger partial charge in [-0.2, -0.15) is 0 Å². The highest BCUT2D eigenvalue weighted by Gasteiger charge is 2.08. The van der Waals surface area contributed by atoms with Crippen LogP contribution >= 0.6 is 47.8 Å². The quantitative estimate of drug-likeness (QED) is 0.652. The molecule has 2 aromatic carbocycles. The number of hydrogen-bond acceptors (Lipinski definition) is 2. The molecule has 0 aliphatic heterocycles. The van der Waals surface area contributed by atoms with Crippen LogP contribution in [-0.2, 0) is 13.1 Å². The zero-order chi connectivity index (χ0) is 14.5. The van der Waals surface area contributed by atoms with Gasteiger partial charge in [0.1, 0.15) is 5.75 Å². The molecular formula is C15H14Br3NO. The van der Waals surface area contributed by atoms with Crippen LogP contribution in [0.4, 0.5) is 0 Å². The molecule has 0 spiro atoms. The van der Waals surface area contributed by atoms with E-state index in [1.807, 2.05) is 18.2 Å². The van der Waals surface area contributed by atoms with Crippen molar-refractivity contribution in [1.29, 1.82) is 0 Å². The lowest BCUT2D eigenvalue weighted by atomic mass is 10.2. The maximum Gasteiger partial charge on any atom is 0.137 e. The van der Waals surface area contributed by atoms with Gasteiger partial charge in [-0.25, -0.2) is 0 Å². The first-order valence-electron chi connectivity index (χ1n) is 6.07. The minimum Gasteiger partial charge on any atom is -0.495 e. The molecule has 0 atom stereocenters. The van der Waals surface area contributed by atoms with Crippen LogP contribution in [0.1, 0.15) is 11.1 Å². The van der Waals surface area contributed by atoms with Crippen LogP contribution in [0.5, 0.6) is 5.75 Å². The first-order valence-corrected chi connectivity index (χ1v) is 8.45. The summed E-state index contributed by atoms with van der Waals surface area (Å²) in [5.74, 6) is 0.870. The second-order valence-electron chi connectivity index (χ2n) is 4.31. The smallest absolute Gasteiger partial charge is 0.137 e. The number of rotatable bonds is 5. The van der Waals surface area contributed by atoms with E-state index in [2.05, 4.69) is 71.3 Å². The fraction of sp³-hybridized carbons (Fsp3) is 0.200. The van der Waals surface area contributed by atoms with Gasteiger partial charge < -0.3 is 10.1 Å². The van der Waals surface area contributed by atoms with Crippen molar-refractivity contribution in [3.8, 4) is 5.75 Å². The predicted molar refractivity (Wildman–Crippen MR) is 93.1 cm³/mol. The lowest BCUT2D eigenvalue weighted by molar-refractivity contribution is 0.405. The predicted octanol–water partition coefficient (Wildman–Crippen LogP) is 5.27. The van der Waals surface area contributed by atoms with Gasteiger partial charge in [0.2, 0.25) is 0 Å². The molecule has 0 fully saturated rings. The van der Waals surface area contributed by atoms with E-state index in [0.29, 0.717) is 0 Å². The van der Waals surface area contributed by atoms with Crippen molar-refractivity contribution >= 4 is 47.8 Å². The third-order valence-electron chi connectivity index (χ3n) is 2.82. The molecule has 0 radical (unpaired) electrons. The van der Waals surface area contributed by atoms with Crippen LogP contribution in [0, 0.1) is 0 Å². The Morgan fingerprint density at radius 2 is 1.80 bits per heavy atom. The van der Waals surface area contributed by atoms with E-state index < -0.39 is 0 Å². The number of benzene rings is 2. The van der Waals surface area contributed by atoms with Crippen LogP contribution in [-0.4, -0.2) is 7.11 Å². The molecule has 2 rings (SSSR count). The largest absolute Gasteiger partial charge is 0.495 e. The van der Waals surface area contributed by atoms with Gasteiger partial charge >= 0.3 is 0 Å². The highest BCUT2D eigenvalue weighted by Crippen LogP contribution is 2.32. The first kappa shape index (κ1) is 16.0. The topological polar surface area (TPSA) is 21.3 Å². The van der Waals surface area contributed by atoms with E-state index >= 15 is 0 Å². The molecule has 106 valence electrons. The average Bonchev–Trinajstić information content (AvgIpc) is 2.38. The maximum atomic E-state index is 5.44. The zero-order valence-electron chi connectivity index (χ0n) is 10.9. The summed E-state index contributed by atoms with van der Waals surface area (Å²) in [7, 11) is 1.69. The molecule has 0 heterocycles. The number of ether oxygens (including phenoxy) is 1. The Labute approximate surface area is 144 Å². The van der Waals surface area contributed by atoms with Crippen LogP contribution in [0.25, 0.3) is 0 Å². The first-order chi connectivity index (χ1) is 9.60. The lowest BCUT2D eigenvalue weighted by Crippen LogP contribution is -2.13. The number of methoxy groups -OCH3 is 1. The minimum atomic E-state index is 0.744. The van der Waals surface area contributed by atoms with Gasteiger partial charge in [-0.15, -0.1) is 0 Å². The van der Waals surface area contributed by atoms with Crippen LogP contribution < -0.4 is 10.1 Å². The van der Waals surface area contributed by atoms with Crippen LogP contribution in [0.3, 0.4) is 0 Å². The van der Waals surface area contributed by atoms with Gasteiger partial charge in [-0.1, -0.05) is 44.0 Å². The van der Waals surface area contributed by atoms with Crippen molar-refractivity contribution in [2.24, 2.45) is 0 Å². The van der Waals surface area contributed by atoms with Gasteiger partial charge in [0.15, 0.2) is 0 Å². The lowest BCUT2D eigenvalue weighted by Gasteiger charge is -2.12. The van der Waals surface area contributed by atoms with Crippen molar-refractivity contribution < 1.29 is 4.74 Å². The zero-order valence-corrected chi connectivity index (χ0v) is 15.7. The van der Waals surface area contributed by atoms with E-state index in [9.17, 15) is 0 Å². The van der Waals surface area contributed by atoms with Crippen molar-refractivity contribution in [3.05, 3.63) is 60.9 Å². The summed E-state index contributed by atoms with van der Waals surface area (Å²) >= 11 is 10.5. The molecule has 0 amide bonds. The normalized spacial score (nSPS) is 10.6. The molecule has 2 aromatic rings.